The molecule has 0 aromatic carbocycles. The molecule has 4 heteroatoms. The molecule has 62 valence electrons. The van der Waals surface area contributed by atoms with E-state index in [4.69, 9.17) is 0 Å². The van der Waals surface area contributed by atoms with E-state index in [9.17, 15) is 4.79 Å². The summed E-state index contributed by atoms with van der Waals surface area (Å²) in [6.45, 7) is 1.94. The third kappa shape index (κ3) is 1.39. The number of nitrogens with zero attached hydrogens (tertiary/aromatic N) is 1. The number of nitrogens with one attached hydrogen (secondary N) is 1. The average molecular weight is 156 g/mol. The monoisotopic (exact) mass is 156 g/mol. The zero-order chi connectivity index (χ0) is 8.27. The van der Waals surface area contributed by atoms with Gasteiger partial charge in [-0.1, -0.05) is 6.92 Å². The maximum atomic E-state index is 10.9. The fraction of sp³-hybridized carbons (Fsp3) is 0.429. The van der Waals surface area contributed by atoms with Gasteiger partial charge in [0.05, 0.1) is 13.4 Å². The normalized spacial score (nSPS) is 9.64. The molecule has 1 aromatic rings. The highest BCUT2D eigenvalue weighted by molar-refractivity contribution is 5.88. The maximum Gasteiger partial charge on any atom is 0.358 e. The van der Waals surface area contributed by atoms with Gasteiger partial charge in [0.15, 0.2) is 5.69 Å². The maximum absolute atomic E-state index is 10.9. The van der Waals surface area contributed by atoms with Crippen molar-refractivity contribution in [2.24, 2.45) is 0 Å². The van der Waals surface area contributed by atoms with Gasteiger partial charge in [-0.05, 0) is 6.42 Å². The van der Waals surface area contributed by atoms with Crippen LogP contribution in [0.1, 0.15) is 24.5 Å². The molecule has 0 unspecified atom stereocenters. The molecule has 0 fully saturated rings. The number of ether oxygens (including phenoxy) is 1. The first-order valence-electron chi connectivity index (χ1n) is 3.40. The molecule has 0 bridgehead atoms. The predicted molar refractivity (Wildman–Crippen MR) is 41.4 cm³/mol. The van der Waals surface area contributed by atoms with Crippen LogP contribution in [0.3, 0.4) is 0 Å². The molecule has 1 heterocycles. The Bertz CT molecular complexity index is 260. The Hall–Kier alpha value is -1.32. The molecule has 0 saturated heterocycles. The van der Waals surface area contributed by atoms with E-state index < -0.39 is 0 Å². The minimum Gasteiger partial charge on any atom is -0.464 e. The smallest absolute Gasteiger partial charge is 0.358 e. The zero-order valence-corrected chi connectivity index (χ0v) is 6.55. The van der Waals surface area contributed by atoms with Gasteiger partial charge in [-0.2, -0.15) is 0 Å². The van der Waals surface area contributed by atoms with Crippen LogP contribution in [0.2, 0.25) is 0 Å². The van der Waals surface area contributed by atoms with Crippen molar-refractivity contribution in [3.8, 4) is 0 Å². The van der Waals surface area contributed by atoms with E-state index in [-0.39, 0.29) is 7.40 Å². The van der Waals surface area contributed by atoms with Crippen LogP contribution >= 0.6 is 0 Å². The number of methoxy groups -OCH3 is 1. The Morgan fingerprint density at radius 1 is 1.91 bits per heavy atom. The lowest BCUT2D eigenvalue weighted by Crippen LogP contribution is -2.04. The van der Waals surface area contributed by atoms with Crippen LogP contribution in [0.4, 0.5) is 0 Å². The number of H-pyrrole nitrogens is 1. The van der Waals surface area contributed by atoms with E-state index in [0.717, 1.165) is 12.1 Å². The minimum absolute atomic E-state index is 0. The highest BCUT2D eigenvalue weighted by Crippen LogP contribution is 2.03. The molecule has 1 rings (SSSR count). The molecule has 0 aliphatic rings. The molecule has 0 spiro atoms. The summed E-state index contributed by atoms with van der Waals surface area (Å²) in [5.41, 5.74) is 1.20. The van der Waals surface area contributed by atoms with Gasteiger partial charge in [0.1, 0.15) is 0 Å². The molecule has 11 heavy (non-hydrogen) atoms. The first-order chi connectivity index (χ1) is 5.29. The Kier molecular flexibility index (Phi) is 2.25. The molecular weight excluding hydrogens is 144 g/mol. The van der Waals surface area contributed by atoms with Crippen LogP contribution in [0, 0.1) is 0 Å². The van der Waals surface area contributed by atoms with Crippen LogP contribution < -0.4 is 0 Å². The molecule has 0 amide bonds. The zero-order valence-electron chi connectivity index (χ0n) is 6.55. The molecule has 0 radical (unpaired) electrons. The highest BCUT2D eigenvalue weighted by atomic mass is 16.5. The van der Waals surface area contributed by atoms with Gasteiger partial charge in [-0.15, -0.1) is 0 Å². The molecular formula is C7H12N2O2. The van der Waals surface area contributed by atoms with Gasteiger partial charge in [-0.25, -0.2) is 9.78 Å². The summed E-state index contributed by atoms with van der Waals surface area (Å²) in [5, 5.41) is 0. The fourth-order valence-electron chi connectivity index (χ4n) is 0.863. The second-order valence-corrected chi connectivity index (χ2v) is 2.07. The topological polar surface area (TPSA) is 55.0 Å². The van der Waals surface area contributed by atoms with Crippen LogP contribution in [0.25, 0.3) is 0 Å². The third-order valence-electron chi connectivity index (χ3n) is 1.45. The van der Waals surface area contributed by atoms with Crippen molar-refractivity contribution in [1.82, 2.24) is 9.97 Å². The predicted octanol–water partition coefficient (Wildman–Crippen LogP) is 1.00. The van der Waals surface area contributed by atoms with E-state index in [1.54, 1.807) is 0 Å². The van der Waals surface area contributed by atoms with E-state index in [1.807, 2.05) is 6.92 Å². The number of carbonyl (C=O) groups is 1. The van der Waals surface area contributed by atoms with Crippen molar-refractivity contribution in [2.75, 3.05) is 7.11 Å². The minimum atomic E-state index is -0.386. The van der Waals surface area contributed by atoms with Crippen molar-refractivity contribution >= 4 is 5.97 Å². The Balaban J connectivity index is 0.00000121. The second kappa shape index (κ2) is 3.18. The second-order valence-electron chi connectivity index (χ2n) is 2.07. The van der Waals surface area contributed by atoms with Crippen LogP contribution in [-0.4, -0.2) is 23.0 Å². The van der Waals surface area contributed by atoms with Crippen LogP contribution in [0.5, 0.6) is 0 Å². The van der Waals surface area contributed by atoms with Crippen molar-refractivity contribution in [2.45, 2.75) is 13.3 Å². The first-order valence-corrected chi connectivity index (χ1v) is 3.40. The number of esters is 1. The number of aromatic nitrogens is 2. The summed E-state index contributed by atoms with van der Waals surface area (Å²) >= 11 is 0. The first kappa shape index (κ1) is 7.78. The number of rotatable bonds is 2. The summed E-state index contributed by atoms with van der Waals surface area (Å²) in [4.78, 5) is 17.6. The van der Waals surface area contributed by atoms with Gasteiger partial charge >= 0.3 is 5.97 Å². The SMILES string of the molecule is CCc1[nH]cnc1C(=O)OC.[HH]. The summed E-state index contributed by atoms with van der Waals surface area (Å²) < 4.78 is 4.52. The highest BCUT2D eigenvalue weighted by Gasteiger charge is 2.12. The Labute approximate surface area is 66.1 Å². The molecule has 0 saturated carbocycles. The van der Waals surface area contributed by atoms with E-state index in [0.29, 0.717) is 5.69 Å². The van der Waals surface area contributed by atoms with Crippen molar-refractivity contribution < 1.29 is 11.0 Å². The summed E-state index contributed by atoms with van der Waals surface area (Å²) in [5.74, 6) is -0.386. The molecule has 4 nitrogen and oxygen atoms in total. The van der Waals surface area contributed by atoms with Gasteiger partial charge in [-0.3, -0.25) is 0 Å². The number of aryl methyl sites for hydroxylation is 1. The van der Waals surface area contributed by atoms with Crippen LogP contribution in [0.15, 0.2) is 6.33 Å². The number of hydrogen-bond donors (Lipinski definition) is 1. The summed E-state index contributed by atoms with van der Waals surface area (Å²) in [6.07, 6.45) is 2.25. The standard InChI is InChI=1S/C7H10N2O2.H2/c1-3-5-6(7(10)11-2)9-4-8-5;/h4H,3H2,1-2H3,(H,8,9);1H. The van der Waals surface area contributed by atoms with E-state index in [2.05, 4.69) is 14.7 Å². The molecule has 0 aliphatic heterocycles. The summed E-state index contributed by atoms with van der Waals surface area (Å²) in [7, 11) is 1.34. The lowest BCUT2D eigenvalue weighted by atomic mass is 10.3. The number of imidazole rings is 1. The fourth-order valence-corrected chi connectivity index (χ4v) is 0.863. The lowest BCUT2D eigenvalue weighted by molar-refractivity contribution is 0.0593. The Morgan fingerprint density at radius 3 is 3.18 bits per heavy atom. The van der Waals surface area contributed by atoms with Gasteiger partial charge in [0.25, 0.3) is 0 Å². The average Bonchev–Trinajstić information content (AvgIpc) is 2.50. The van der Waals surface area contributed by atoms with E-state index in [1.165, 1.54) is 13.4 Å². The van der Waals surface area contributed by atoms with Crippen LogP contribution in [-0.2, 0) is 11.2 Å². The number of carbonyl (C=O) groups excluding carboxylic acids is 1. The molecule has 1 aromatic heterocycles. The van der Waals surface area contributed by atoms with E-state index >= 15 is 0 Å². The lowest BCUT2D eigenvalue weighted by Gasteiger charge is -1.95. The van der Waals surface area contributed by atoms with Crippen molar-refractivity contribution in [3.63, 3.8) is 0 Å². The molecule has 1 N–H and O–H groups in total. The Morgan fingerprint density at radius 2 is 2.64 bits per heavy atom. The number of hydrogen-bond acceptors (Lipinski definition) is 3. The van der Waals surface area contributed by atoms with Crippen molar-refractivity contribution in [3.05, 3.63) is 17.7 Å². The summed E-state index contributed by atoms with van der Waals surface area (Å²) in [6, 6.07) is 0. The number of aromatic amines is 1. The molecule has 0 atom stereocenters. The van der Waals surface area contributed by atoms with Gasteiger partial charge in [0.2, 0.25) is 0 Å². The molecule has 0 aliphatic carbocycles. The largest absolute Gasteiger partial charge is 0.464 e. The quantitative estimate of drug-likeness (QED) is 0.650. The van der Waals surface area contributed by atoms with Gasteiger partial charge < -0.3 is 9.72 Å². The van der Waals surface area contributed by atoms with Crippen molar-refractivity contribution in [1.29, 1.82) is 0 Å². The van der Waals surface area contributed by atoms with Gasteiger partial charge in [0, 0.05) is 7.12 Å². The third-order valence-corrected chi connectivity index (χ3v) is 1.45.